The average molecular weight is 269 g/mol. The Bertz CT molecular complexity index is 408. The number of ether oxygens (including phenoxy) is 3. The van der Waals surface area contributed by atoms with Gasteiger partial charge >= 0.3 is 0 Å². The van der Waals surface area contributed by atoms with Crippen molar-refractivity contribution >= 4 is 11.6 Å². The van der Waals surface area contributed by atoms with E-state index in [9.17, 15) is 4.79 Å². The van der Waals surface area contributed by atoms with E-state index in [2.05, 4.69) is 5.32 Å². The zero-order valence-electron chi connectivity index (χ0n) is 11.4. The number of rotatable bonds is 7. The first kappa shape index (κ1) is 15.1. The lowest BCUT2D eigenvalue weighted by Gasteiger charge is -2.15. The molecule has 0 aliphatic rings. The van der Waals surface area contributed by atoms with Crippen LogP contribution in [0.4, 0.5) is 5.69 Å². The molecule has 2 N–H and O–H groups in total. The molecule has 1 aromatic carbocycles. The quantitative estimate of drug-likeness (QED) is 0.783. The molecule has 106 valence electrons. The second kappa shape index (κ2) is 7.48. The summed E-state index contributed by atoms with van der Waals surface area (Å²) in [5.74, 6) is 1.26. The SMILES string of the molecule is COc1cc(OC)c(NC(=O)CCCO)c(OC)c1. The predicted octanol–water partition coefficient (Wildman–Crippen LogP) is 1.42. The molecule has 0 saturated carbocycles. The van der Waals surface area contributed by atoms with Crippen LogP contribution in [0.15, 0.2) is 12.1 Å². The Morgan fingerprint density at radius 3 is 2.16 bits per heavy atom. The highest BCUT2D eigenvalue weighted by Crippen LogP contribution is 2.38. The van der Waals surface area contributed by atoms with Crippen molar-refractivity contribution in [2.24, 2.45) is 0 Å². The molecular formula is C13H19NO5. The smallest absolute Gasteiger partial charge is 0.224 e. The number of hydrogen-bond acceptors (Lipinski definition) is 5. The number of carbonyl (C=O) groups is 1. The molecule has 1 aromatic rings. The van der Waals surface area contributed by atoms with Crippen molar-refractivity contribution in [2.75, 3.05) is 33.3 Å². The van der Waals surface area contributed by atoms with E-state index in [0.29, 0.717) is 29.4 Å². The normalized spacial score (nSPS) is 9.89. The molecule has 0 saturated heterocycles. The van der Waals surface area contributed by atoms with Crippen LogP contribution in [0.25, 0.3) is 0 Å². The molecule has 1 rings (SSSR count). The summed E-state index contributed by atoms with van der Waals surface area (Å²) < 4.78 is 15.5. The molecule has 0 radical (unpaired) electrons. The monoisotopic (exact) mass is 269 g/mol. The minimum absolute atomic E-state index is 0.0235. The van der Waals surface area contributed by atoms with Crippen molar-refractivity contribution in [1.82, 2.24) is 0 Å². The lowest BCUT2D eigenvalue weighted by Crippen LogP contribution is -2.13. The van der Waals surface area contributed by atoms with Crippen molar-refractivity contribution in [3.8, 4) is 17.2 Å². The zero-order chi connectivity index (χ0) is 14.3. The van der Waals surface area contributed by atoms with Gasteiger partial charge in [-0.25, -0.2) is 0 Å². The number of hydrogen-bond donors (Lipinski definition) is 2. The van der Waals surface area contributed by atoms with Crippen LogP contribution in [0, 0.1) is 0 Å². The standard InChI is InChI=1S/C13H19NO5/c1-17-9-7-10(18-2)13(11(8-9)19-3)14-12(16)5-4-6-15/h7-8,15H,4-6H2,1-3H3,(H,14,16). The molecule has 19 heavy (non-hydrogen) atoms. The average Bonchev–Trinajstić information content (AvgIpc) is 2.44. The first-order valence-electron chi connectivity index (χ1n) is 5.87. The fraction of sp³-hybridized carbons (Fsp3) is 0.462. The summed E-state index contributed by atoms with van der Waals surface area (Å²) in [5, 5.41) is 11.4. The maximum absolute atomic E-state index is 11.7. The number of amides is 1. The van der Waals surface area contributed by atoms with E-state index >= 15 is 0 Å². The van der Waals surface area contributed by atoms with Gasteiger partial charge < -0.3 is 24.6 Å². The molecule has 1 amide bonds. The number of methoxy groups -OCH3 is 3. The molecule has 0 fully saturated rings. The summed E-state index contributed by atoms with van der Waals surface area (Å²) in [7, 11) is 4.53. The number of carbonyl (C=O) groups excluding carboxylic acids is 1. The number of aliphatic hydroxyl groups is 1. The molecule has 0 unspecified atom stereocenters. The topological polar surface area (TPSA) is 77.0 Å². The van der Waals surface area contributed by atoms with E-state index in [0.717, 1.165) is 0 Å². The Kier molecular flexibility index (Phi) is 5.95. The summed E-state index contributed by atoms with van der Waals surface area (Å²) in [6.07, 6.45) is 0.640. The van der Waals surface area contributed by atoms with Crippen molar-refractivity contribution in [1.29, 1.82) is 0 Å². The van der Waals surface area contributed by atoms with Gasteiger partial charge in [0.05, 0.1) is 21.3 Å². The molecule has 0 atom stereocenters. The number of benzene rings is 1. The third kappa shape index (κ3) is 4.03. The highest BCUT2D eigenvalue weighted by molar-refractivity contribution is 5.94. The Morgan fingerprint density at radius 2 is 1.74 bits per heavy atom. The van der Waals surface area contributed by atoms with Gasteiger partial charge in [-0.3, -0.25) is 4.79 Å². The van der Waals surface area contributed by atoms with E-state index < -0.39 is 0 Å². The van der Waals surface area contributed by atoms with Gasteiger partial charge in [0.1, 0.15) is 22.9 Å². The van der Waals surface area contributed by atoms with Gasteiger partial charge in [-0.05, 0) is 6.42 Å². The van der Waals surface area contributed by atoms with Gasteiger partial charge in [0, 0.05) is 25.2 Å². The van der Waals surface area contributed by atoms with E-state index in [4.69, 9.17) is 19.3 Å². The van der Waals surface area contributed by atoms with Gasteiger partial charge in [-0.1, -0.05) is 0 Å². The minimum atomic E-state index is -0.212. The largest absolute Gasteiger partial charge is 0.496 e. The molecule has 0 aromatic heterocycles. The molecular weight excluding hydrogens is 250 g/mol. The van der Waals surface area contributed by atoms with Gasteiger partial charge in [-0.15, -0.1) is 0 Å². The third-order valence-electron chi connectivity index (χ3n) is 2.54. The van der Waals surface area contributed by atoms with Crippen molar-refractivity contribution in [2.45, 2.75) is 12.8 Å². The summed E-state index contributed by atoms with van der Waals surface area (Å²) in [6, 6.07) is 3.31. The molecule has 0 aliphatic carbocycles. The fourth-order valence-electron chi connectivity index (χ4n) is 1.57. The van der Waals surface area contributed by atoms with Crippen LogP contribution < -0.4 is 19.5 Å². The first-order valence-corrected chi connectivity index (χ1v) is 5.87. The molecule has 6 heteroatoms. The van der Waals surface area contributed by atoms with Crippen LogP contribution in [0.1, 0.15) is 12.8 Å². The van der Waals surface area contributed by atoms with Crippen LogP contribution in [0.5, 0.6) is 17.2 Å². The second-order valence-electron chi connectivity index (χ2n) is 3.78. The third-order valence-corrected chi connectivity index (χ3v) is 2.54. The van der Waals surface area contributed by atoms with Gasteiger partial charge in [0.15, 0.2) is 0 Å². The zero-order valence-corrected chi connectivity index (χ0v) is 11.4. The number of nitrogens with one attached hydrogen (secondary N) is 1. The molecule has 0 heterocycles. The lowest BCUT2D eigenvalue weighted by atomic mass is 10.2. The Labute approximate surface area is 112 Å². The van der Waals surface area contributed by atoms with Gasteiger partial charge in [-0.2, -0.15) is 0 Å². The van der Waals surface area contributed by atoms with Crippen molar-refractivity contribution in [3.05, 3.63) is 12.1 Å². The van der Waals surface area contributed by atoms with Crippen molar-refractivity contribution < 1.29 is 24.1 Å². The Morgan fingerprint density at radius 1 is 1.16 bits per heavy atom. The van der Waals surface area contributed by atoms with Crippen LogP contribution in [0.2, 0.25) is 0 Å². The van der Waals surface area contributed by atoms with Crippen LogP contribution in [-0.4, -0.2) is 38.9 Å². The van der Waals surface area contributed by atoms with E-state index in [1.807, 2.05) is 0 Å². The van der Waals surface area contributed by atoms with Crippen LogP contribution >= 0.6 is 0 Å². The summed E-state index contributed by atoms with van der Waals surface area (Å²) in [6.45, 7) is -0.0235. The fourth-order valence-corrected chi connectivity index (χ4v) is 1.57. The Hall–Kier alpha value is -1.95. The minimum Gasteiger partial charge on any atom is -0.496 e. The van der Waals surface area contributed by atoms with Gasteiger partial charge in [0.25, 0.3) is 0 Å². The molecule has 0 spiro atoms. The number of anilines is 1. The van der Waals surface area contributed by atoms with E-state index in [1.165, 1.54) is 21.3 Å². The number of aliphatic hydroxyl groups excluding tert-OH is 1. The van der Waals surface area contributed by atoms with Gasteiger partial charge in [0.2, 0.25) is 5.91 Å². The highest BCUT2D eigenvalue weighted by atomic mass is 16.5. The maximum atomic E-state index is 11.7. The van der Waals surface area contributed by atoms with Crippen LogP contribution in [-0.2, 0) is 4.79 Å². The summed E-state index contributed by atoms with van der Waals surface area (Å²) in [4.78, 5) is 11.7. The first-order chi connectivity index (χ1) is 9.15. The maximum Gasteiger partial charge on any atom is 0.224 e. The summed E-state index contributed by atoms with van der Waals surface area (Å²) in [5.41, 5.74) is 0.453. The Balaban J connectivity index is 3.00. The predicted molar refractivity (Wildman–Crippen MR) is 71.0 cm³/mol. The highest BCUT2D eigenvalue weighted by Gasteiger charge is 2.15. The molecule has 0 bridgehead atoms. The van der Waals surface area contributed by atoms with E-state index in [-0.39, 0.29) is 18.9 Å². The van der Waals surface area contributed by atoms with Crippen LogP contribution in [0.3, 0.4) is 0 Å². The van der Waals surface area contributed by atoms with E-state index in [1.54, 1.807) is 12.1 Å². The molecule has 0 aliphatic heterocycles. The second-order valence-corrected chi connectivity index (χ2v) is 3.78. The van der Waals surface area contributed by atoms with Crippen molar-refractivity contribution in [3.63, 3.8) is 0 Å². The lowest BCUT2D eigenvalue weighted by molar-refractivity contribution is -0.116. The summed E-state index contributed by atoms with van der Waals surface area (Å²) >= 11 is 0. The molecule has 6 nitrogen and oxygen atoms in total.